The summed E-state index contributed by atoms with van der Waals surface area (Å²) in [5, 5.41) is 6.62. The first kappa shape index (κ1) is 23.5. The maximum atomic E-state index is 11.5. The summed E-state index contributed by atoms with van der Waals surface area (Å²) in [5.41, 5.74) is 3.66. The second-order valence-corrected chi connectivity index (χ2v) is 8.90. The van der Waals surface area contributed by atoms with Gasteiger partial charge in [-0.3, -0.25) is 4.99 Å². The lowest BCUT2D eigenvalue weighted by atomic mass is 10.1. The number of ether oxygens (including phenoxy) is 1. The number of nitrogens with one attached hydrogen (secondary N) is 2. The molecule has 6 nitrogen and oxygen atoms in total. The second kappa shape index (κ2) is 10.8. The van der Waals surface area contributed by atoms with Crippen molar-refractivity contribution in [2.24, 2.45) is 4.99 Å². The Morgan fingerprint density at radius 1 is 1.03 bits per heavy atom. The predicted octanol–water partition coefficient (Wildman–Crippen LogP) is 2.59. The van der Waals surface area contributed by atoms with Crippen LogP contribution in [0.2, 0.25) is 0 Å². The molecule has 0 bridgehead atoms. The monoisotopic (exact) mass is 529 g/mol. The molecule has 1 aliphatic rings. The van der Waals surface area contributed by atoms with Gasteiger partial charge in [0.15, 0.2) is 15.8 Å². The van der Waals surface area contributed by atoms with Crippen LogP contribution in [0.5, 0.6) is 5.75 Å². The number of rotatable bonds is 7. The summed E-state index contributed by atoms with van der Waals surface area (Å²) < 4.78 is 28.5. The molecule has 2 aromatic carbocycles. The summed E-state index contributed by atoms with van der Waals surface area (Å²) in [6, 6.07) is 13.4. The fourth-order valence-electron chi connectivity index (χ4n) is 3.17. The van der Waals surface area contributed by atoms with Gasteiger partial charge < -0.3 is 15.4 Å². The first-order valence-electron chi connectivity index (χ1n) is 9.44. The van der Waals surface area contributed by atoms with E-state index in [-0.39, 0.29) is 24.0 Å². The molecule has 8 heteroatoms. The van der Waals surface area contributed by atoms with Gasteiger partial charge >= 0.3 is 0 Å². The number of hydrogen-bond donors (Lipinski definition) is 2. The Morgan fingerprint density at radius 2 is 1.66 bits per heavy atom. The van der Waals surface area contributed by atoms with Crippen molar-refractivity contribution in [3.63, 3.8) is 0 Å². The Bertz CT molecular complexity index is 944. The molecule has 0 aliphatic carbocycles. The van der Waals surface area contributed by atoms with Crippen molar-refractivity contribution in [3.8, 4) is 5.75 Å². The van der Waals surface area contributed by atoms with Gasteiger partial charge in [-0.25, -0.2) is 8.42 Å². The van der Waals surface area contributed by atoms with Crippen molar-refractivity contribution in [2.75, 3.05) is 33.0 Å². The van der Waals surface area contributed by atoms with Gasteiger partial charge in [-0.05, 0) is 47.7 Å². The number of fused-ring (bicyclic) bond motifs is 1. The quantitative estimate of drug-likeness (QED) is 0.328. The zero-order valence-electron chi connectivity index (χ0n) is 16.8. The van der Waals surface area contributed by atoms with Crippen molar-refractivity contribution in [2.45, 2.75) is 24.2 Å². The number of aliphatic imine (C=N–C) groups is 1. The number of halogens is 1. The van der Waals surface area contributed by atoms with E-state index in [4.69, 9.17) is 4.74 Å². The van der Waals surface area contributed by atoms with Gasteiger partial charge in [-0.1, -0.05) is 24.3 Å². The Morgan fingerprint density at radius 3 is 2.28 bits per heavy atom. The summed E-state index contributed by atoms with van der Waals surface area (Å²) in [5.74, 6) is 1.77. The number of sulfone groups is 1. The molecule has 0 spiro atoms. The summed E-state index contributed by atoms with van der Waals surface area (Å²) >= 11 is 0. The number of benzene rings is 2. The SMILES string of the molecule is CN=C(NCCc1ccc(S(C)(=O)=O)cc1)NCCc1ccc2c(c1)CCO2.I. The Hall–Kier alpha value is -1.81. The molecular weight excluding hydrogens is 501 g/mol. The van der Waals surface area contributed by atoms with Crippen LogP contribution in [0.3, 0.4) is 0 Å². The zero-order chi connectivity index (χ0) is 20.0. The van der Waals surface area contributed by atoms with Crippen molar-refractivity contribution >= 4 is 39.8 Å². The van der Waals surface area contributed by atoms with E-state index in [2.05, 4.69) is 33.8 Å². The average molecular weight is 529 g/mol. The Labute approximate surface area is 190 Å². The first-order chi connectivity index (χ1) is 13.5. The smallest absolute Gasteiger partial charge is 0.190 e. The highest BCUT2D eigenvalue weighted by Gasteiger charge is 2.11. The highest BCUT2D eigenvalue weighted by Crippen LogP contribution is 2.25. The molecule has 1 aliphatic heterocycles. The minimum absolute atomic E-state index is 0. The molecular formula is C21H28IN3O3S. The molecule has 0 atom stereocenters. The standard InChI is InChI=1S/C21H27N3O3S.HI/c1-22-21(23-12-9-16-3-6-19(7-4-16)28(2,25)26)24-13-10-17-5-8-20-18(15-17)11-14-27-20;/h3-8,15H,9-14H2,1-2H3,(H2,22,23,24);1H. The predicted molar refractivity (Wildman–Crippen MR) is 127 cm³/mol. The molecule has 29 heavy (non-hydrogen) atoms. The third kappa shape index (κ3) is 6.88. The van der Waals surface area contributed by atoms with Gasteiger partial charge in [0.25, 0.3) is 0 Å². The van der Waals surface area contributed by atoms with Gasteiger partial charge in [0, 0.05) is 32.8 Å². The zero-order valence-corrected chi connectivity index (χ0v) is 19.9. The largest absolute Gasteiger partial charge is 0.493 e. The Kier molecular flexibility index (Phi) is 8.76. The molecule has 0 aromatic heterocycles. The lowest BCUT2D eigenvalue weighted by molar-refractivity contribution is 0.357. The van der Waals surface area contributed by atoms with E-state index in [1.54, 1.807) is 19.2 Å². The molecule has 0 saturated heterocycles. The molecule has 0 amide bonds. The third-order valence-corrected chi connectivity index (χ3v) is 5.87. The summed E-state index contributed by atoms with van der Waals surface area (Å²) in [6.45, 7) is 2.29. The van der Waals surface area contributed by atoms with Crippen LogP contribution in [0.15, 0.2) is 52.4 Å². The van der Waals surface area contributed by atoms with E-state index in [0.717, 1.165) is 49.7 Å². The third-order valence-electron chi connectivity index (χ3n) is 4.74. The number of hydrogen-bond acceptors (Lipinski definition) is 4. The van der Waals surface area contributed by atoms with Crippen molar-refractivity contribution in [3.05, 3.63) is 59.2 Å². The molecule has 0 unspecified atom stereocenters. The van der Waals surface area contributed by atoms with Gasteiger partial charge in [-0.15, -0.1) is 24.0 Å². The van der Waals surface area contributed by atoms with Crippen molar-refractivity contribution in [1.82, 2.24) is 10.6 Å². The van der Waals surface area contributed by atoms with Gasteiger partial charge in [0.2, 0.25) is 0 Å². The molecule has 2 aromatic rings. The van der Waals surface area contributed by atoms with Crippen molar-refractivity contribution < 1.29 is 13.2 Å². The molecule has 0 radical (unpaired) electrons. The maximum absolute atomic E-state index is 11.5. The van der Waals surface area contributed by atoms with Crippen LogP contribution in [0.25, 0.3) is 0 Å². The van der Waals surface area contributed by atoms with Crippen LogP contribution in [-0.4, -0.2) is 47.4 Å². The lowest BCUT2D eigenvalue weighted by Crippen LogP contribution is -2.39. The highest BCUT2D eigenvalue weighted by atomic mass is 127. The van der Waals surface area contributed by atoms with Gasteiger partial charge in [-0.2, -0.15) is 0 Å². The molecule has 1 heterocycles. The second-order valence-electron chi connectivity index (χ2n) is 6.88. The summed E-state index contributed by atoms with van der Waals surface area (Å²) in [4.78, 5) is 4.60. The van der Waals surface area contributed by atoms with Crippen LogP contribution < -0.4 is 15.4 Å². The lowest BCUT2D eigenvalue weighted by Gasteiger charge is -2.12. The molecule has 0 fully saturated rings. The fraction of sp³-hybridized carbons (Fsp3) is 0.381. The molecule has 0 saturated carbocycles. The van der Waals surface area contributed by atoms with Crippen LogP contribution in [0, 0.1) is 0 Å². The highest BCUT2D eigenvalue weighted by molar-refractivity contribution is 14.0. The normalized spacial score (nSPS) is 13.2. The maximum Gasteiger partial charge on any atom is 0.190 e. The minimum atomic E-state index is -3.15. The van der Waals surface area contributed by atoms with Gasteiger partial charge in [0.05, 0.1) is 11.5 Å². The van der Waals surface area contributed by atoms with E-state index in [1.165, 1.54) is 17.4 Å². The van der Waals surface area contributed by atoms with Crippen LogP contribution in [-0.2, 0) is 29.1 Å². The molecule has 158 valence electrons. The number of guanidine groups is 1. The van der Waals surface area contributed by atoms with Crippen LogP contribution in [0.4, 0.5) is 0 Å². The Balaban J connectivity index is 0.00000300. The summed E-state index contributed by atoms with van der Waals surface area (Å²) in [7, 11) is -1.39. The topological polar surface area (TPSA) is 79.8 Å². The van der Waals surface area contributed by atoms with E-state index in [9.17, 15) is 8.42 Å². The fourth-order valence-corrected chi connectivity index (χ4v) is 3.80. The molecule has 3 rings (SSSR count). The van der Waals surface area contributed by atoms with E-state index in [1.807, 2.05) is 12.1 Å². The molecule has 2 N–H and O–H groups in total. The van der Waals surface area contributed by atoms with Crippen LogP contribution in [0.1, 0.15) is 16.7 Å². The van der Waals surface area contributed by atoms with E-state index < -0.39 is 9.84 Å². The van der Waals surface area contributed by atoms with E-state index >= 15 is 0 Å². The van der Waals surface area contributed by atoms with Crippen molar-refractivity contribution in [1.29, 1.82) is 0 Å². The number of nitrogens with zero attached hydrogens (tertiary/aromatic N) is 1. The summed E-state index contributed by atoms with van der Waals surface area (Å²) in [6.07, 6.45) is 3.91. The first-order valence-corrected chi connectivity index (χ1v) is 11.3. The van der Waals surface area contributed by atoms with E-state index in [0.29, 0.717) is 11.4 Å². The van der Waals surface area contributed by atoms with Crippen LogP contribution >= 0.6 is 24.0 Å². The average Bonchev–Trinajstić information content (AvgIpc) is 3.14. The van der Waals surface area contributed by atoms with Gasteiger partial charge in [0.1, 0.15) is 5.75 Å². The minimum Gasteiger partial charge on any atom is -0.493 e.